The molecule has 2 heterocycles. The highest BCUT2D eigenvalue weighted by Crippen LogP contribution is 2.38. The Morgan fingerprint density at radius 3 is 2.85 bits per heavy atom. The summed E-state index contributed by atoms with van der Waals surface area (Å²) in [4.78, 5) is 28.5. The highest BCUT2D eigenvalue weighted by atomic mass is 79.9. The number of benzene rings is 1. The maximum atomic E-state index is 12.4. The summed E-state index contributed by atoms with van der Waals surface area (Å²) in [7, 11) is 1.56. The minimum Gasteiger partial charge on any atom is -0.493 e. The number of hydrogen-bond donors (Lipinski definition) is 1. The molecule has 1 aromatic carbocycles. The number of carboxylic acid groups (broad SMARTS) is 1. The summed E-state index contributed by atoms with van der Waals surface area (Å²) < 4.78 is 12.1. The van der Waals surface area contributed by atoms with Crippen molar-refractivity contribution in [2.24, 2.45) is 5.92 Å². The zero-order chi connectivity index (χ0) is 18.8. The molecule has 26 heavy (non-hydrogen) atoms. The number of nitrogens with zero attached hydrogens (tertiary/aromatic N) is 1. The van der Waals surface area contributed by atoms with Gasteiger partial charge in [0, 0.05) is 34.3 Å². The van der Waals surface area contributed by atoms with Gasteiger partial charge in [0.25, 0.3) is 0 Å². The molecule has 0 aliphatic heterocycles. The van der Waals surface area contributed by atoms with Crippen molar-refractivity contribution in [3.8, 4) is 5.75 Å². The van der Waals surface area contributed by atoms with Gasteiger partial charge in [-0.3, -0.25) is 9.59 Å². The summed E-state index contributed by atoms with van der Waals surface area (Å²) in [5, 5.41) is 10.7. The number of oxazole rings is 1. The fourth-order valence-corrected chi connectivity index (χ4v) is 4.00. The highest BCUT2D eigenvalue weighted by Gasteiger charge is 2.21. The molecular formula is C18H18BrNO5S. The first kappa shape index (κ1) is 18.8. The molecule has 138 valence electrons. The van der Waals surface area contributed by atoms with Crippen molar-refractivity contribution < 1.29 is 23.8 Å². The number of hydrogen-bond acceptors (Lipinski definition) is 6. The van der Waals surface area contributed by atoms with Crippen LogP contribution in [0.4, 0.5) is 0 Å². The fraction of sp³-hybridized carbons (Fsp3) is 0.389. The zero-order valence-corrected chi connectivity index (χ0v) is 16.8. The van der Waals surface area contributed by atoms with Crippen LogP contribution in [-0.2, 0) is 11.2 Å². The molecule has 1 unspecified atom stereocenters. The van der Waals surface area contributed by atoms with Crippen LogP contribution in [0.3, 0.4) is 0 Å². The Balaban J connectivity index is 2.05. The summed E-state index contributed by atoms with van der Waals surface area (Å²) in [5.74, 6) is -0.675. The van der Waals surface area contributed by atoms with Crippen LogP contribution in [0.25, 0.3) is 21.2 Å². The predicted molar refractivity (Wildman–Crippen MR) is 104 cm³/mol. The molecule has 1 atom stereocenters. The van der Waals surface area contributed by atoms with Crippen LogP contribution in [0.15, 0.2) is 16.5 Å². The van der Waals surface area contributed by atoms with Crippen LogP contribution in [0, 0.1) is 5.92 Å². The van der Waals surface area contributed by atoms with E-state index in [2.05, 4.69) is 20.9 Å². The molecule has 3 aromatic rings. The van der Waals surface area contributed by atoms with Crippen LogP contribution in [0.1, 0.15) is 35.3 Å². The van der Waals surface area contributed by atoms with Crippen molar-refractivity contribution in [2.45, 2.75) is 26.2 Å². The second-order valence-electron chi connectivity index (χ2n) is 6.05. The summed E-state index contributed by atoms with van der Waals surface area (Å²) in [6.07, 6.45) is 1.58. The van der Waals surface area contributed by atoms with Crippen molar-refractivity contribution >= 4 is 60.2 Å². The van der Waals surface area contributed by atoms with E-state index in [4.69, 9.17) is 14.3 Å². The Morgan fingerprint density at radius 1 is 1.42 bits per heavy atom. The van der Waals surface area contributed by atoms with Crippen molar-refractivity contribution in [1.29, 1.82) is 0 Å². The van der Waals surface area contributed by atoms with Gasteiger partial charge in [0.05, 0.1) is 17.9 Å². The van der Waals surface area contributed by atoms with Crippen molar-refractivity contribution in [1.82, 2.24) is 4.98 Å². The lowest BCUT2D eigenvalue weighted by Gasteiger charge is -2.02. The zero-order valence-electron chi connectivity index (χ0n) is 14.4. The molecule has 0 fully saturated rings. The van der Waals surface area contributed by atoms with Gasteiger partial charge in [-0.05, 0) is 12.5 Å². The largest absolute Gasteiger partial charge is 0.493 e. The van der Waals surface area contributed by atoms with Crippen LogP contribution in [0.2, 0.25) is 0 Å². The number of carboxylic acids is 1. The van der Waals surface area contributed by atoms with Gasteiger partial charge in [-0.2, -0.15) is 0 Å². The Labute approximate surface area is 162 Å². The average molecular weight is 440 g/mol. The van der Waals surface area contributed by atoms with Crippen molar-refractivity contribution in [2.75, 3.05) is 12.4 Å². The number of aryl methyl sites for hydroxylation is 1. The molecule has 1 N–H and O–H groups in total. The summed E-state index contributed by atoms with van der Waals surface area (Å²) in [5.41, 5.74) is 1.24. The maximum absolute atomic E-state index is 12.4. The molecule has 0 saturated heterocycles. The molecule has 0 amide bonds. The number of rotatable bonds is 8. The van der Waals surface area contributed by atoms with Crippen molar-refractivity contribution in [3.63, 3.8) is 0 Å². The highest BCUT2D eigenvalue weighted by molar-refractivity contribution is 9.09. The average Bonchev–Trinajstić information content (AvgIpc) is 3.22. The number of aliphatic carboxylic acids is 1. The molecule has 0 aliphatic rings. The lowest BCUT2D eigenvalue weighted by molar-refractivity contribution is -0.141. The van der Waals surface area contributed by atoms with Gasteiger partial charge in [-0.15, -0.1) is 11.3 Å². The van der Waals surface area contributed by atoms with E-state index in [1.54, 1.807) is 13.2 Å². The number of Topliss-reactive ketones (excluding diaryl/α,β-unsaturated/α-hetero) is 1. The molecule has 0 spiro atoms. The third-order valence-electron chi connectivity index (χ3n) is 4.11. The number of ketones is 1. The first-order valence-electron chi connectivity index (χ1n) is 8.16. The second kappa shape index (κ2) is 7.75. The number of thiophene rings is 1. The van der Waals surface area contributed by atoms with E-state index in [0.717, 1.165) is 21.8 Å². The molecular weight excluding hydrogens is 422 g/mol. The first-order valence-corrected chi connectivity index (χ1v) is 10.1. The van der Waals surface area contributed by atoms with E-state index in [-0.39, 0.29) is 12.2 Å². The minimum absolute atomic E-state index is 0.0300. The van der Waals surface area contributed by atoms with E-state index < -0.39 is 11.9 Å². The SMILES string of the molecule is COc1cc2sc(C(=O)CC(C)C(=O)O)cc2c2nc(CCCBr)oc12. The van der Waals surface area contributed by atoms with Gasteiger partial charge < -0.3 is 14.3 Å². The number of carbonyl (C=O) groups excluding carboxylic acids is 1. The Bertz CT molecular complexity index is 977. The van der Waals surface area contributed by atoms with E-state index in [1.165, 1.54) is 18.3 Å². The van der Waals surface area contributed by atoms with E-state index in [9.17, 15) is 9.59 Å². The lowest BCUT2D eigenvalue weighted by Crippen LogP contribution is -2.13. The third kappa shape index (κ3) is 3.61. The number of aromatic nitrogens is 1. The molecule has 2 aromatic heterocycles. The Hall–Kier alpha value is -1.93. The topological polar surface area (TPSA) is 89.6 Å². The standard InChI is InChI=1S/C18H18BrNO5S/c1-9(18(22)23)6-11(21)14-7-10-13(26-14)8-12(24-2)17-16(10)20-15(25-17)4-3-5-19/h7-9H,3-6H2,1-2H3,(H,22,23). The van der Waals surface area contributed by atoms with Crippen LogP contribution in [0.5, 0.6) is 5.75 Å². The number of carbonyl (C=O) groups is 2. The third-order valence-corrected chi connectivity index (χ3v) is 5.79. The molecule has 0 aliphatic carbocycles. The fourth-order valence-electron chi connectivity index (χ4n) is 2.68. The van der Waals surface area contributed by atoms with E-state index in [0.29, 0.717) is 34.0 Å². The van der Waals surface area contributed by atoms with E-state index >= 15 is 0 Å². The van der Waals surface area contributed by atoms with Gasteiger partial charge in [0.15, 0.2) is 23.0 Å². The van der Waals surface area contributed by atoms with Gasteiger partial charge in [0.1, 0.15) is 5.52 Å². The minimum atomic E-state index is -0.976. The summed E-state index contributed by atoms with van der Waals surface area (Å²) in [6.45, 7) is 1.53. The molecule has 3 rings (SSSR count). The smallest absolute Gasteiger partial charge is 0.306 e. The van der Waals surface area contributed by atoms with Crippen LogP contribution < -0.4 is 4.74 Å². The second-order valence-corrected chi connectivity index (χ2v) is 7.92. The van der Waals surface area contributed by atoms with Crippen LogP contribution >= 0.6 is 27.3 Å². The van der Waals surface area contributed by atoms with E-state index in [1.807, 2.05) is 6.07 Å². The Kier molecular flexibility index (Phi) is 5.62. The summed E-state index contributed by atoms with van der Waals surface area (Å²) >= 11 is 4.71. The Morgan fingerprint density at radius 2 is 2.19 bits per heavy atom. The van der Waals surface area contributed by atoms with Gasteiger partial charge in [0.2, 0.25) is 0 Å². The quantitative estimate of drug-likeness (QED) is 0.405. The maximum Gasteiger partial charge on any atom is 0.306 e. The normalized spacial score (nSPS) is 12.6. The number of alkyl halides is 1. The van der Waals surface area contributed by atoms with Gasteiger partial charge in [-0.1, -0.05) is 22.9 Å². The summed E-state index contributed by atoms with van der Waals surface area (Å²) in [6, 6.07) is 3.61. The number of halogens is 1. The van der Waals surface area contributed by atoms with Gasteiger partial charge in [-0.25, -0.2) is 4.98 Å². The number of ether oxygens (including phenoxy) is 1. The lowest BCUT2D eigenvalue weighted by atomic mass is 10.0. The predicted octanol–water partition coefficient (Wildman–Crippen LogP) is 4.67. The number of fused-ring (bicyclic) bond motifs is 3. The van der Waals surface area contributed by atoms with Gasteiger partial charge >= 0.3 is 5.97 Å². The van der Waals surface area contributed by atoms with Crippen LogP contribution in [-0.4, -0.2) is 34.3 Å². The molecule has 8 heteroatoms. The number of methoxy groups -OCH3 is 1. The monoisotopic (exact) mass is 439 g/mol. The van der Waals surface area contributed by atoms with Crippen molar-refractivity contribution in [3.05, 3.63) is 22.9 Å². The molecule has 0 bridgehead atoms. The first-order chi connectivity index (χ1) is 12.4. The molecule has 6 nitrogen and oxygen atoms in total. The molecule has 0 radical (unpaired) electrons. The molecule has 0 saturated carbocycles.